The molecule has 196 valence electrons. The molecule has 10 unspecified atom stereocenters. The molecule has 4 saturated carbocycles. The average molecular weight is 498 g/mol. The normalized spacial score (nSPS) is 43.8. The Hall–Kier alpha value is -0.660. The van der Waals surface area contributed by atoms with Gasteiger partial charge in [-0.2, -0.15) is 8.42 Å². The molecule has 4 aliphatic rings. The summed E-state index contributed by atoms with van der Waals surface area (Å²) in [5.41, 5.74) is 0.762. The van der Waals surface area contributed by atoms with Crippen LogP contribution in [0, 0.1) is 46.3 Å². The molecule has 1 amide bonds. The molecule has 10 atom stereocenters. The van der Waals surface area contributed by atoms with Gasteiger partial charge in [0.1, 0.15) is 5.25 Å². The van der Waals surface area contributed by atoms with Crippen molar-refractivity contribution in [3.8, 4) is 0 Å². The Labute approximate surface area is 206 Å². The third kappa shape index (κ3) is 4.82. The van der Waals surface area contributed by atoms with Crippen LogP contribution in [0.15, 0.2) is 0 Å². The molecule has 4 rings (SSSR count). The van der Waals surface area contributed by atoms with E-state index in [1.165, 1.54) is 51.9 Å². The fourth-order valence-electron chi connectivity index (χ4n) is 9.22. The topological polar surface area (TPSA) is 104 Å². The summed E-state index contributed by atoms with van der Waals surface area (Å²) < 4.78 is 31.4. The Kier molecular flexibility index (Phi) is 7.50. The smallest absolute Gasteiger partial charge is 0.269 e. The minimum absolute atomic E-state index is 0.0465. The average Bonchev–Trinajstić information content (AvgIpc) is 3.13. The van der Waals surface area contributed by atoms with Crippen LogP contribution >= 0.6 is 0 Å². The molecule has 6 nitrogen and oxygen atoms in total. The van der Waals surface area contributed by atoms with Gasteiger partial charge in [-0.05, 0) is 117 Å². The zero-order valence-corrected chi connectivity index (χ0v) is 22.4. The summed E-state index contributed by atoms with van der Waals surface area (Å²) in [7, 11) is -4.12. The number of aliphatic hydroxyl groups excluding tert-OH is 1. The van der Waals surface area contributed by atoms with Crippen LogP contribution in [0.2, 0.25) is 0 Å². The van der Waals surface area contributed by atoms with Gasteiger partial charge >= 0.3 is 0 Å². The van der Waals surface area contributed by atoms with Crippen LogP contribution in [0.25, 0.3) is 0 Å². The molecular formula is C27H47NO5S. The summed E-state index contributed by atoms with van der Waals surface area (Å²) in [6.07, 6.45) is 12.1. The van der Waals surface area contributed by atoms with E-state index in [0.29, 0.717) is 35.0 Å². The van der Waals surface area contributed by atoms with Gasteiger partial charge in [0, 0.05) is 13.0 Å². The molecule has 34 heavy (non-hydrogen) atoms. The maximum Gasteiger partial charge on any atom is 0.269 e. The van der Waals surface area contributed by atoms with Crippen molar-refractivity contribution in [2.24, 2.45) is 46.3 Å². The molecule has 0 heterocycles. The second-order valence-electron chi connectivity index (χ2n) is 13.0. The van der Waals surface area contributed by atoms with Gasteiger partial charge in [-0.15, -0.1) is 0 Å². The van der Waals surface area contributed by atoms with Crippen LogP contribution in [0.3, 0.4) is 0 Å². The lowest BCUT2D eigenvalue weighted by molar-refractivity contribution is -0.129. The number of hydrogen-bond donors (Lipinski definition) is 3. The molecule has 4 fully saturated rings. The predicted molar refractivity (Wildman–Crippen MR) is 134 cm³/mol. The predicted octanol–water partition coefficient (Wildman–Crippen LogP) is 4.82. The zero-order valence-electron chi connectivity index (χ0n) is 21.6. The summed E-state index contributed by atoms with van der Waals surface area (Å²) in [5, 5.41) is 12.0. The van der Waals surface area contributed by atoms with E-state index in [0.717, 1.165) is 37.0 Å². The van der Waals surface area contributed by atoms with Gasteiger partial charge in [0.2, 0.25) is 5.91 Å². The highest BCUT2D eigenvalue weighted by Crippen LogP contribution is 2.68. The number of nitrogens with one attached hydrogen (secondary N) is 1. The molecule has 4 aliphatic carbocycles. The van der Waals surface area contributed by atoms with Crippen LogP contribution in [-0.4, -0.2) is 41.9 Å². The lowest BCUT2D eigenvalue weighted by Gasteiger charge is -2.61. The molecular weight excluding hydrogens is 450 g/mol. The number of fused-ring (bicyclic) bond motifs is 5. The third-order valence-corrected chi connectivity index (χ3v) is 12.5. The number of rotatable bonds is 7. The first kappa shape index (κ1) is 26.4. The van der Waals surface area contributed by atoms with E-state index >= 15 is 0 Å². The molecule has 0 aromatic heterocycles. The SMILES string of the molecule is CC(CCC(=O)NCC(C)S(=O)(=O)O)C1CCC2C3CCC4CC(O)CCC4(C)C3CCC12C. The number of aliphatic hydroxyl groups is 1. The van der Waals surface area contributed by atoms with E-state index in [1.807, 2.05) is 0 Å². The monoisotopic (exact) mass is 497 g/mol. The van der Waals surface area contributed by atoms with E-state index in [1.54, 1.807) is 0 Å². The highest BCUT2D eigenvalue weighted by molar-refractivity contribution is 7.86. The van der Waals surface area contributed by atoms with Crippen molar-refractivity contribution in [1.29, 1.82) is 0 Å². The molecule has 0 saturated heterocycles. The lowest BCUT2D eigenvalue weighted by atomic mass is 9.44. The summed E-state index contributed by atoms with van der Waals surface area (Å²) in [4.78, 5) is 12.3. The van der Waals surface area contributed by atoms with Gasteiger partial charge in [0.15, 0.2) is 0 Å². The van der Waals surface area contributed by atoms with Crippen molar-refractivity contribution in [2.75, 3.05) is 6.54 Å². The Morgan fingerprint density at radius 1 is 1.00 bits per heavy atom. The molecule has 0 bridgehead atoms. The second-order valence-corrected chi connectivity index (χ2v) is 14.8. The lowest BCUT2D eigenvalue weighted by Crippen LogP contribution is -2.54. The Bertz CT molecular complexity index is 861. The molecule has 0 radical (unpaired) electrons. The fourth-order valence-corrected chi connectivity index (χ4v) is 9.52. The summed E-state index contributed by atoms with van der Waals surface area (Å²) in [6.45, 7) is 8.74. The van der Waals surface area contributed by atoms with Crippen molar-refractivity contribution in [3.05, 3.63) is 0 Å². The summed E-state index contributed by atoms with van der Waals surface area (Å²) >= 11 is 0. The number of carbonyl (C=O) groups is 1. The molecule has 7 heteroatoms. The van der Waals surface area contributed by atoms with Crippen molar-refractivity contribution < 1.29 is 22.9 Å². The Morgan fingerprint density at radius 2 is 1.68 bits per heavy atom. The molecule has 3 N–H and O–H groups in total. The van der Waals surface area contributed by atoms with Crippen molar-refractivity contribution in [3.63, 3.8) is 0 Å². The number of amides is 1. The number of carbonyl (C=O) groups excluding carboxylic acids is 1. The van der Waals surface area contributed by atoms with Gasteiger partial charge in [-0.1, -0.05) is 20.8 Å². The minimum atomic E-state index is -4.12. The maximum atomic E-state index is 12.3. The van der Waals surface area contributed by atoms with E-state index in [-0.39, 0.29) is 18.6 Å². The molecule has 0 aromatic rings. The number of hydrogen-bond acceptors (Lipinski definition) is 4. The standard InChI is InChI=1S/C27H47NO5S/c1-17(5-10-25(30)28-16-18(2)34(31,32)33)22-8-9-23-21-7-6-19-15-20(29)11-13-26(19,3)24(21)12-14-27(22,23)4/h17-24,29H,5-16H2,1-4H3,(H,28,30)(H,31,32,33). The Morgan fingerprint density at radius 3 is 2.38 bits per heavy atom. The first-order valence-electron chi connectivity index (χ1n) is 13.8. The highest BCUT2D eigenvalue weighted by Gasteiger charge is 2.60. The van der Waals surface area contributed by atoms with E-state index in [9.17, 15) is 18.3 Å². The van der Waals surface area contributed by atoms with Crippen LogP contribution in [0.1, 0.15) is 98.3 Å². The van der Waals surface area contributed by atoms with Gasteiger partial charge in [0.05, 0.1) is 6.10 Å². The van der Waals surface area contributed by atoms with Crippen LogP contribution in [-0.2, 0) is 14.9 Å². The fraction of sp³-hybridized carbons (Fsp3) is 0.963. The first-order chi connectivity index (χ1) is 15.9. The van der Waals surface area contributed by atoms with Crippen LogP contribution < -0.4 is 5.32 Å². The van der Waals surface area contributed by atoms with Gasteiger partial charge in [0.25, 0.3) is 10.1 Å². The Balaban J connectivity index is 1.35. The van der Waals surface area contributed by atoms with E-state index in [2.05, 4.69) is 26.1 Å². The molecule has 0 aliphatic heterocycles. The largest absolute Gasteiger partial charge is 0.393 e. The van der Waals surface area contributed by atoms with Crippen molar-refractivity contribution >= 4 is 16.0 Å². The first-order valence-corrected chi connectivity index (χ1v) is 15.3. The van der Waals surface area contributed by atoms with Gasteiger partial charge < -0.3 is 10.4 Å². The van der Waals surface area contributed by atoms with Crippen LogP contribution in [0.4, 0.5) is 0 Å². The van der Waals surface area contributed by atoms with E-state index in [4.69, 9.17) is 4.55 Å². The third-order valence-electron chi connectivity index (χ3n) is 11.3. The minimum Gasteiger partial charge on any atom is -0.393 e. The van der Waals surface area contributed by atoms with Crippen molar-refractivity contribution in [1.82, 2.24) is 5.32 Å². The quantitative estimate of drug-likeness (QED) is 0.438. The van der Waals surface area contributed by atoms with Crippen molar-refractivity contribution in [2.45, 2.75) is 110 Å². The van der Waals surface area contributed by atoms with Gasteiger partial charge in [-0.3, -0.25) is 9.35 Å². The summed E-state index contributed by atoms with van der Waals surface area (Å²) in [6, 6.07) is 0. The zero-order chi connectivity index (χ0) is 24.9. The van der Waals surface area contributed by atoms with E-state index < -0.39 is 15.4 Å². The van der Waals surface area contributed by atoms with Crippen LogP contribution in [0.5, 0.6) is 0 Å². The molecule has 0 spiro atoms. The second kappa shape index (κ2) is 9.66. The van der Waals surface area contributed by atoms with Gasteiger partial charge in [-0.25, -0.2) is 0 Å². The summed E-state index contributed by atoms with van der Waals surface area (Å²) in [5.74, 6) is 4.08. The highest BCUT2D eigenvalue weighted by atomic mass is 32.2. The maximum absolute atomic E-state index is 12.3. The molecule has 0 aromatic carbocycles.